The molecule has 0 aromatic heterocycles. The summed E-state index contributed by atoms with van der Waals surface area (Å²) in [6, 6.07) is 10.3. The topological polar surface area (TPSA) is 87.7 Å². The highest BCUT2D eigenvalue weighted by molar-refractivity contribution is 7.89. The van der Waals surface area contributed by atoms with E-state index in [1.807, 2.05) is 13.8 Å². The van der Waals surface area contributed by atoms with E-state index in [9.17, 15) is 17.6 Å². The highest BCUT2D eigenvalue weighted by Gasteiger charge is 2.21. The lowest BCUT2D eigenvalue weighted by molar-refractivity contribution is -0.115. The monoisotopic (exact) mass is 437 g/mol. The van der Waals surface area contributed by atoms with Crippen molar-refractivity contribution in [2.45, 2.75) is 24.8 Å². The van der Waals surface area contributed by atoms with Gasteiger partial charge in [0.05, 0.1) is 24.2 Å². The van der Waals surface area contributed by atoms with Crippen LogP contribution in [0.5, 0.6) is 5.75 Å². The van der Waals surface area contributed by atoms with Gasteiger partial charge in [-0.1, -0.05) is 26.0 Å². The smallest absolute Gasteiger partial charge is 0.242 e. The highest BCUT2D eigenvalue weighted by Crippen LogP contribution is 2.28. The molecule has 2 aromatic carbocycles. The molecule has 164 valence electrons. The molecule has 2 aromatic rings. The largest absolute Gasteiger partial charge is 0.495 e. The molecule has 7 nitrogen and oxygen atoms in total. The lowest BCUT2D eigenvalue weighted by atomic mass is 9.96. The average molecular weight is 438 g/mol. The molecule has 0 aliphatic heterocycles. The Morgan fingerprint density at radius 1 is 1.13 bits per heavy atom. The number of carbonyl (C=O) groups is 1. The summed E-state index contributed by atoms with van der Waals surface area (Å²) >= 11 is 0. The van der Waals surface area contributed by atoms with Crippen LogP contribution < -0.4 is 15.4 Å². The molecular formula is C21H28FN3O4S. The van der Waals surface area contributed by atoms with Crippen LogP contribution in [0.1, 0.15) is 25.5 Å². The fourth-order valence-electron chi connectivity index (χ4n) is 2.96. The van der Waals surface area contributed by atoms with Crippen LogP contribution in [0.2, 0.25) is 0 Å². The summed E-state index contributed by atoms with van der Waals surface area (Å²) in [7, 11) is 0.648. The van der Waals surface area contributed by atoms with Gasteiger partial charge < -0.3 is 15.4 Å². The molecule has 0 unspecified atom stereocenters. The van der Waals surface area contributed by atoms with Crippen LogP contribution in [0.15, 0.2) is 47.4 Å². The van der Waals surface area contributed by atoms with E-state index in [1.54, 1.807) is 12.1 Å². The van der Waals surface area contributed by atoms with E-state index in [2.05, 4.69) is 10.6 Å². The number of benzene rings is 2. The van der Waals surface area contributed by atoms with Gasteiger partial charge in [-0.25, -0.2) is 17.1 Å². The first-order chi connectivity index (χ1) is 14.1. The Hall–Kier alpha value is -2.49. The molecule has 0 spiro atoms. The highest BCUT2D eigenvalue weighted by atomic mass is 32.2. The van der Waals surface area contributed by atoms with E-state index in [1.165, 1.54) is 51.5 Å². The minimum Gasteiger partial charge on any atom is -0.495 e. The number of nitrogens with zero attached hydrogens (tertiary/aromatic N) is 1. The van der Waals surface area contributed by atoms with Crippen molar-refractivity contribution >= 4 is 21.6 Å². The zero-order chi connectivity index (χ0) is 22.5. The summed E-state index contributed by atoms with van der Waals surface area (Å²) in [4.78, 5) is 12.6. The third-order valence-corrected chi connectivity index (χ3v) is 6.41. The molecule has 0 saturated heterocycles. The van der Waals surface area contributed by atoms with Gasteiger partial charge in [0.25, 0.3) is 0 Å². The van der Waals surface area contributed by atoms with Crippen LogP contribution in [-0.2, 0) is 14.8 Å². The van der Waals surface area contributed by atoms with Crippen LogP contribution >= 0.6 is 0 Å². The number of carbonyl (C=O) groups excluding carboxylic acids is 1. The molecule has 0 aliphatic rings. The maximum atomic E-state index is 13.2. The molecule has 0 radical (unpaired) electrons. The summed E-state index contributed by atoms with van der Waals surface area (Å²) in [5, 5.41) is 5.87. The first-order valence-corrected chi connectivity index (χ1v) is 10.9. The van der Waals surface area contributed by atoms with Gasteiger partial charge in [-0.15, -0.1) is 0 Å². The van der Waals surface area contributed by atoms with E-state index in [4.69, 9.17) is 4.74 Å². The zero-order valence-corrected chi connectivity index (χ0v) is 18.6. The average Bonchev–Trinajstić information content (AvgIpc) is 2.69. The van der Waals surface area contributed by atoms with Crippen molar-refractivity contribution in [3.8, 4) is 5.75 Å². The van der Waals surface area contributed by atoms with E-state index < -0.39 is 10.0 Å². The van der Waals surface area contributed by atoms with Crippen molar-refractivity contribution in [3.05, 3.63) is 53.8 Å². The van der Waals surface area contributed by atoms with Crippen LogP contribution in [0, 0.1) is 11.7 Å². The third kappa shape index (κ3) is 5.78. The van der Waals surface area contributed by atoms with Crippen molar-refractivity contribution in [1.29, 1.82) is 0 Å². The van der Waals surface area contributed by atoms with Gasteiger partial charge >= 0.3 is 0 Å². The van der Waals surface area contributed by atoms with E-state index in [0.717, 1.165) is 9.87 Å². The standard InChI is InChI=1S/C21H28FN3O4S/c1-14(2)21(15-6-8-16(22)9-7-15)23-13-20(26)24-18-12-17(10-11-19(18)29-5)30(27,28)25(3)4/h6-12,14,21,23H,13H2,1-5H3,(H,24,26)/t21-/m1/s1. The quantitative estimate of drug-likeness (QED) is 0.630. The van der Waals surface area contributed by atoms with Gasteiger partial charge in [-0.3, -0.25) is 4.79 Å². The lowest BCUT2D eigenvalue weighted by Gasteiger charge is -2.23. The van der Waals surface area contributed by atoms with Crippen molar-refractivity contribution < 1.29 is 22.3 Å². The SMILES string of the molecule is COc1ccc(S(=O)(=O)N(C)C)cc1NC(=O)CN[C@@H](c1ccc(F)cc1)C(C)C. The van der Waals surface area contributed by atoms with Crippen LogP contribution in [0.4, 0.5) is 10.1 Å². The molecule has 0 fully saturated rings. The van der Waals surface area contributed by atoms with Gasteiger partial charge in [0.2, 0.25) is 15.9 Å². The number of methoxy groups -OCH3 is 1. The molecule has 2 rings (SSSR count). The number of ether oxygens (including phenoxy) is 1. The Bertz CT molecular complexity index is 976. The first-order valence-electron chi connectivity index (χ1n) is 9.45. The van der Waals surface area contributed by atoms with Crippen molar-refractivity contribution in [3.63, 3.8) is 0 Å². The molecule has 0 aliphatic carbocycles. The summed E-state index contributed by atoms with van der Waals surface area (Å²) in [6.45, 7) is 3.98. The minimum atomic E-state index is -3.66. The van der Waals surface area contributed by atoms with E-state index in [0.29, 0.717) is 5.75 Å². The van der Waals surface area contributed by atoms with Gasteiger partial charge in [-0.2, -0.15) is 0 Å². The predicted molar refractivity (Wildman–Crippen MR) is 114 cm³/mol. The van der Waals surface area contributed by atoms with Crippen LogP contribution in [-0.4, -0.2) is 46.4 Å². The van der Waals surface area contributed by atoms with E-state index >= 15 is 0 Å². The second kappa shape index (κ2) is 10.0. The van der Waals surface area contributed by atoms with Crippen LogP contribution in [0.25, 0.3) is 0 Å². The van der Waals surface area contributed by atoms with Gasteiger partial charge in [-0.05, 0) is 41.8 Å². The van der Waals surface area contributed by atoms with Gasteiger partial charge in [0, 0.05) is 20.1 Å². The normalized spacial score (nSPS) is 12.8. The number of amides is 1. The molecule has 1 atom stereocenters. The number of anilines is 1. The second-order valence-electron chi connectivity index (χ2n) is 7.35. The minimum absolute atomic E-state index is 0.0198. The third-order valence-electron chi connectivity index (χ3n) is 4.60. The Morgan fingerprint density at radius 3 is 2.30 bits per heavy atom. The molecular weight excluding hydrogens is 409 g/mol. The Morgan fingerprint density at radius 2 is 1.77 bits per heavy atom. The first kappa shape index (κ1) is 23.8. The lowest BCUT2D eigenvalue weighted by Crippen LogP contribution is -2.33. The van der Waals surface area contributed by atoms with Crippen LogP contribution in [0.3, 0.4) is 0 Å². The molecule has 0 saturated carbocycles. The summed E-state index contributed by atoms with van der Waals surface area (Å²) in [5.74, 6) is -0.175. The summed E-state index contributed by atoms with van der Waals surface area (Å²) in [5.41, 5.74) is 1.13. The van der Waals surface area contributed by atoms with Crippen molar-refractivity contribution in [2.75, 3.05) is 33.1 Å². The molecule has 0 heterocycles. The number of sulfonamides is 1. The Balaban J connectivity index is 2.15. The molecule has 0 bridgehead atoms. The second-order valence-corrected chi connectivity index (χ2v) is 9.50. The maximum Gasteiger partial charge on any atom is 0.242 e. The summed E-state index contributed by atoms with van der Waals surface area (Å²) < 4.78 is 44.3. The predicted octanol–water partition coefficient (Wildman–Crippen LogP) is 3.01. The number of rotatable bonds is 9. The Kier molecular flexibility index (Phi) is 7.94. The molecule has 30 heavy (non-hydrogen) atoms. The van der Waals surface area contributed by atoms with Crippen molar-refractivity contribution in [1.82, 2.24) is 9.62 Å². The molecule has 2 N–H and O–H groups in total. The number of hydrogen-bond donors (Lipinski definition) is 2. The van der Waals surface area contributed by atoms with Gasteiger partial charge in [0.15, 0.2) is 0 Å². The summed E-state index contributed by atoms with van der Waals surface area (Å²) in [6.07, 6.45) is 0. The van der Waals surface area contributed by atoms with Crippen molar-refractivity contribution in [2.24, 2.45) is 5.92 Å². The zero-order valence-electron chi connectivity index (χ0n) is 17.8. The number of nitrogens with one attached hydrogen (secondary N) is 2. The van der Waals surface area contributed by atoms with Gasteiger partial charge in [0.1, 0.15) is 11.6 Å². The van der Waals surface area contributed by atoms with E-state index in [-0.39, 0.29) is 40.8 Å². The maximum absolute atomic E-state index is 13.2. The fourth-order valence-corrected chi connectivity index (χ4v) is 3.89. The number of hydrogen-bond acceptors (Lipinski definition) is 5. The molecule has 1 amide bonds. The Labute approximate surface area is 177 Å². The number of halogens is 1. The fraction of sp³-hybridized carbons (Fsp3) is 0.381. The molecule has 9 heteroatoms.